The number of benzene rings is 3. The van der Waals surface area contributed by atoms with Gasteiger partial charge in [0.1, 0.15) is 24.5 Å². The molecule has 0 radical (unpaired) electrons. The number of aromatic carboxylic acids is 1. The molecule has 0 aliphatic heterocycles. The molecule has 6 nitrogen and oxygen atoms in total. The van der Waals surface area contributed by atoms with E-state index in [0.717, 1.165) is 17.5 Å². The van der Waals surface area contributed by atoms with Crippen LogP contribution < -0.4 is 10.1 Å². The maximum absolute atomic E-state index is 11.1. The van der Waals surface area contributed by atoms with Crippen LogP contribution in [-0.4, -0.2) is 41.0 Å². The van der Waals surface area contributed by atoms with E-state index in [2.05, 4.69) is 43.4 Å². The van der Waals surface area contributed by atoms with Crippen LogP contribution in [0, 0.1) is 11.3 Å². The Bertz CT molecular complexity index is 1370. The number of carbonyl (C=O) groups is 1. The minimum atomic E-state index is -0.986. The van der Waals surface area contributed by atoms with Crippen molar-refractivity contribution >= 4 is 27.4 Å². The third-order valence-corrected chi connectivity index (χ3v) is 7.02. The Morgan fingerprint density at radius 3 is 2.50 bits per heavy atom. The van der Waals surface area contributed by atoms with Gasteiger partial charge in [0.2, 0.25) is 0 Å². The number of fused-ring (bicyclic) bond motifs is 1. The quantitative estimate of drug-likeness (QED) is 0.266. The summed E-state index contributed by atoms with van der Waals surface area (Å²) < 4.78 is 7.10. The van der Waals surface area contributed by atoms with Crippen LogP contribution in [0.25, 0.3) is 21.2 Å². The van der Waals surface area contributed by atoms with Gasteiger partial charge in [-0.15, -0.1) is 11.3 Å². The Balaban J connectivity index is 1.35. The average molecular weight is 501 g/mol. The molecule has 0 bridgehead atoms. The van der Waals surface area contributed by atoms with E-state index in [1.807, 2.05) is 12.1 Å². The van der Waals surface area contributed by atoms with Crippen LogP contribution in [0.15, 0.2) is 72.8 Å². The van der Waals surface area contributed by atoms with Crippen LogP contribution in [0.1, 0.15) is 34.6 Å². The lowest BCUT2D eigenvalue weighted by molar-refractivity contribution is 0.0697. The monoisotopic (exact) mass is 500 g/mol. The highest BCUT2D eigenvalue weighted by atomic mass is 32.1. The van der Waals surface area contributed by atoms with E-state index >= 15 is 0 Å². The molecule has 3 aromatic carbocycles. The van der Waals surface area contributed by atoms with Gasteiger partial charge in [-0.2, -0.15) is 5.26 Å². The Morgan fingerprint density at radius 2 is 1.81 bits per heavy atom. The zero-order chi connectivity index (χ0) is 25.7. The predicted octanol–water partition coefficient (Wildman–Crippen LogP) is 5.49. The Labute approximate surface area is 214 Å². The lowest BCUT2D eigenvalue weighted by atomic mass is 9.99. The number of hydrogen-bond acceptors (Lipinski definition) is 6. The minimum Gasteiger partial charge on any atom is -0.489 e. The highest BCUT2D eigenvalue weighted by Crippen LogP contribution is 2.29. The molecule has 0 aliphatic carbocycles. The number of hydrogen-bond donors (Lipinski definition) is 3. The summed E-state index contributed by atoms with van der Waals surface area (Å²) in [7, 11) is 0. The summed E-state index contributed by atoms with van der Waals surface area (Å²) in [5, 5.41) is 33.8. The fourth-order valence-electron chi connectivity index (χ4n) is 3.98. The maximum atomic E-state index is 11.1. The van der Waals surface area contributed by atoms with Gasteiger partial charge in [0.25, 0.3) is 0 Å². The molecule has 1 unspecified atom stereocenters. The molecule has 0 amide bonds. The van der Waals surface area contributed by atoms with Crippen LogP contribution >= 0.6 is 11.3 Å². The fourth-order valence-corrected chi connectivity index (χ4v) is 5.27. The van der Waals surface area contributed by atoms with E-state index in [1.54, 1.807) is 41.7 Å². The second-order valence-corrected chi connectivity index (χ2v) is 10.5. The number of rotatable bonds is 10. The maximum Gasteiger partial charge on any atom is 0.335 e. The van der Waals surface area contributed by atoms with E-state index in [0.29, 0.717) is 17.9 Å². The molecule has 184 valence electrons. The number of aliphatic hydroxyl groups excluding tert-OH is 1. The Hall–Kier alpha value is -3.70. The van der Waals surface area contributed by atoms with Gasteiger partial charge in [0.15, 0.2) is 0 Å². The molecule has 1 atom stereocenters. The van der Waals surface area contributed by atoms with E-state index in [-0.39, 0.29) is 17.7 Å². The smallest absolute Gasteiger partial charge is 0.335 e. The molecular formula is C29H28N2O4S. The van der Waals surface area contributed by atoms with Crippen molar-refractivity contribution < 1.29 is 19.7 Å². The summed E-state index contributed by atoms with van der Waals surface area (Å²) in [6.07, 6.45) is 0.0676. The molecule has 0 spiro atoms. The first kappa shape index (κ1) is 25.4. The summed E-state index contributed by atoms with van der Waals surface area (Å²) in [6.45, 7) is 4.59. The molecule has 0 fully saturated rings. The van der Waals surface area contributed by atoms with Crippen molar-refractivity contribution in [3.8, 4) is 22.9 Å². The summed E-state index contributed by atoms with van der Waals surface area (Å²) in [6, 6.07) is 24.3. The minimum absolute atomic E-state index is 0.0298. The SMILES string of the molecule is CC(C)(Cc1cc2ccccc2s1)NCC(O)COc1cc(-c2ccc(C(=O)O)cc2)ccc1C#N. The van der Waals surface area contributed by atoms with E-state index < -0.39 is 12.1 Å². The Kier molecular flexibility index (Phi) is 7.70. The highest BCUT2D eigenvalue weighted by molar-refractivity contribution is 7.19. The third-order valence-electron chi connectivity index (χ3n) is 5.91. The largest absolute Gasteiger partial charge is 0.489 e. The highest BCUT2D eigenvalue weighted by Gasteiger charge is 2.21. The van der Waals surface area contributed by atoms with E-state index in [9.17, 15) is 15.2 Å². The van der Waals surface area contributed by atoms with Gasteiger partial charge >= 0.3 is 5.97 Å². The van der Waals surface area contributed by atoms with Gasteiger partial charge in [0, 0.05) is 21.7 Å². The van der Waals surface area contributed by atoms with Gasteiger partial charge in [0.05, 0.1) is 11.1 Å². The first-order chi connectivity index (χ1) is 17.2. The number of nitriles is 1. The second-order valence-electron chi connectivity index (χ2n) is 9.36. The number of aliphatic hydroxyl groups is 1. The van der Waals surface area contributed by atoms with Crippen molar-refractivity contribution in [2.45, 2.75) is 31.9 Å². The number of carboxylic acid groups (broad SMARTS) is 1. The van der Waals surface area contributed by atoms with Crippen molar-refractivity contribution in [3.05, 3.63) is 88.8 Å². The molecule has 0 aliphatic rings. The topological polar surface area (TPSA) is 103 Å². The Morgan fingerprint density at radius 1 is 1.08 bits per heavy atom. The predicted molar refractivity (Wildman–Crippen MR) is 143 cm³/mol. The summed E-state index contributed by atoms with van der Waals surface area (Å²) >= 11 is 1.78. The standard InChI is InChI=1S/C29H28N2O4S/c1-29(2,15-25-13-22-5-3-4-6-27(22)36-25)31-17-24(32)18-35-26-14-21(11-12-23(26)16-30)19-7-9-20(10-8-19)28(33)34/h3-14,24,31-32H,15,17-18H2,1-2H3,(H,33,34). The molecule has 7 heteroatoms. The number of ether oxygens (including phenoxy) is 1. The summed E-state index contributed by atoms with van der Waals surface area (Å²) in [5.74, 6) is -0.610. The molecule has 1 heterocycles. The van der Waals surface area contributed by atoms with Crippen molar-refractivity contribution in [1.82, 2.24) is 5.32 Å². The first-order valence-electron chi connectivity index (χ1n) is 11.7. The lowest BCUT2D eigenvalue weighted by Crippen LogP contribution is -2.46. The number of thiophene rings is 1. The second kappa shape index (κ2) is 10.9. The van der Waals surface area contributed by atoms with Crippen LogP contribution in [0.5, 0.6) is 5.75 Å². The zero-order valence-electron chi connectivity index (χ0n) is 20.2. The third kappa shape index (κ3) is 6.29. The normalized spacial score (nSPS) is 12.3. The zero-order valence-corrected chi connectivity index (χ0v) is 21.0. The van der Waals surface area contributed by atoms with Crippen LogP contribution in [-0.2, 0) is 6.42 Å². The number of carboxylic acids is 1. The first-order valence-corrected chi connectivity index (χ1v) is 12.5. The van der Waals surface area contributed by atoms with Gasteiger partial charge in [-0.05, 0) is 73.2 Å². The van der Waals surface area contributed by atoms with Gasteiger partial charge in [-0.25, -0.2) is 4.79 Å². The van der Waals surface area contributed by atoms with Gasteiger partial charge in [-0.3, -0.25) is 0 Å². The average Bonchev–Trinajstić information content (AvgIpc) is 3.27. The molecule has 1 aromatic heterocycles. The summed E-state index contributed by atoms with van der Waals surface area (Å²) in [4.78, 5) is 12.4. The van der Waals surface area contributed by atoms with Gasteiger partial charge < -0.3 is 20.3 Å². The van der Waals surface area contributed by atoms with E-state index in [4.69, 9.17) is 9.84 Å². The number of nitrogens with one attached hydrogen (secondary N) is 1. The van der Waals surface area contributed by atoms with Gasteiger partial charge in [-0.1, -0.05) is 36.4 Å². The molecule has 3 N–H and O–H groups in total. The number of β-amino-alcohol motifs (C(OH)–C–C–N with tert-alkyl or cyclic N) is 1. The summed E-state index contributed by atoms with van der Waals surface area (Å²) in [5.41, 5.74) is 1.94. The fraction of sp³-hybridized carbons (Fsp3) is 0.241. The lowest BCUT2D eigenvalue weighted by Gasteiger charge is -2.27. The van der Waals surface area contributed by atoms with E-state index in [1.165, 1.54) is 27.1 Å². The van der Waals surface area contributed by atoms with Crippen LogP contribution in [0.3, 0.4) is 0 Å². The van der Waals surface area contributed by atoms with Crippen molar-refractivity contribution in [1.29, 1.82) is 5.26 Å². The van der Waals surface area contributed by atoms with Crippen molar-refractivity contribution in [3.63, 3.8) is 0 Å². The van der Waals surface area contributed by atoms with Crippen LogP contribution in [0.2, 0.25) is 0 Å². The number of nitrogens with zero attached hydrogens (tertiary/aromatic N) is 1. The van der Waals surface area contributed by atoms with Crippen molar-refractivity contribution in [2.24, 2.45) is 0 Å². The molecular weight excluding hydrogens is 472 g/mol. The molecule has 0 saturated heterocycles. The molecule has 4 rings (SSSR count). The molecule has 36 heavy (non-hydrogen) atoms. The van der Waals surface area contributed by atoms with Crippen molar-refractivity contribution in [2.75, 3.05) is 13.2 Å². The molecule has 0 saturated carbocycles. The molecule has 4 aromatic rings. The van der Waals surface area contributed by atoms with Crippen LogP contribution in [0.4, 0.5) is 0 Å².